The van der Waals surface area contributed by atoms with E-state index in [4.69, 9.17) is 16.3 Å². The number of rotatable bonds is 9. The van der Waals surface area contributed by atoms with Crippen LogP contribution in [0.1, 0.15) is 61.0 Å². The van der Waals surface area contributed by atoms with Crippen molar-refractivity contribution in [2.75, 3.05) is 0 Å². The summed E-state index contributed by atoms with van der Waals surface area (Å²) in [5, 5.41) is 24.1. The number of carboxylic acids is 2. The fourth-order valence-corrected chi connectivity index (χ4v) is 4.76. The van der Waals surface area contributed by atoms with Gasteiger partial charge in [0, 0.05) is 18.2 Å². The van der Waals surface area contributed by atoms with Gasteiger partial charge in [0.15, 0.2) is 0 Å². The van der Waals surface area contributed by atoms with Crippen LogP contribution in [0, 0.1) is 13.8 Å². The van der Waals surface area contributed by atoms with Crippen molar-refractivity contribution in [3.63, 3.8) is 0 Å². The van der Waals surface area contributed by atoms with Crippen molar-refractivity contribution in [3.8, 4) is 17.0 Å². The molecule has 1 heterocycles. The van der Waals surface area contributed by atoms with Crippen LogP contribution < -0.4 is 4.74 Å². The van der Waals surface area contributed by atoms with Crippen molar-refractivity contribution < 1.29 is 24.5 Å². The first kappa shape index (κ1) is 26.9. The van der Waals surface area contributed by atoms with Crippen LogP contribution in [0.4, 0.5) is 0 Å². The van der Waals surface area contributed by atoms with Crippen LogP contribution in [0.5, 0.6) is 5.75 Å². The van der Waals surface area contributed by atoms with Gasteiger partial charge in [-0.1, -0.05) is 42.8 Å². The molecule has 8 heteroatoms. The Morgan fingerprint density at radius 2 is 1.71 bits per heavy atom. The van der Waals surface area contributed by atoms with Crippen LogP contribution in [-0.4, -0.2) is 31.9 Å². The maximum Gasteiger partial charge on any atom is 0.336 e. The van der Waals surface area contributed by atoms with Crippen LogP contribution >= 0.6 is 11.6 Å². The molecule has 0 fully saturated rings. The molecule has 3 aromatic carbocycles. The highest BCUT2D eigenvalue weighted by Gasteiger charge is 2.18. The van der Waals surface area contributed by atoms with E-state index in [1.165, 1.54) is 12.1 Å². The summed E-state index contributed by atoms with van der Waals surface area (Å²) < 4.78 is 7.93. The fraction of sp³-hybridized carbons (Fsp3) is 0.233. The minimum atomic E-state index is -1.16. The molecule has 0 atom stereocenters. The first-order chi connectivity index (χ1) is 18.1. The van der Waals surface area contributed by atoms with Gasteiger partial charge in [-0.25, -0.2) is 9.59 Å². The van der Waals surface area contributed by atoms with E-state index in [9.17, 15) is 19.8 Å². The number of aromatic nitrogens is 2. The highest BCUT2D eigenvalue weighted by Crippen LogP contribution is 2.31. The number of aryl methyl sites for hydroxylation is 3. The third-order valence-electron chi connectivity index (χ3n) is 6.74. The monoisotopic (exact) mass is 532 g/mol. The molecule has 2 N–H and O–H groups in total. The topological polar surface area (TPSA) is 102 Å². The molecule has 7 nitrogen and oxygen atoms in total. The highest BCUT2D eigenvalue weighted by atomic mass is 35.5. The SMILES string of the molecule is CCc1cccc(Cc2ccc(C(=O)O)cc2C(=O)O)c1COc1ccc(-c2nn(C)c(Cl)c2C)cc1C. The lowest BCUT2D eigenvalue weighted by Gasteiger charge is -2.17. The van der Waals surface area contributed by atoms with E-state index in [-0.39, 0.29) is 11.1 Å². The summed E-state index contributed by atoms with van der Waals surface area (Å²) in [5.41, 5.74) is 7.15. The van der Waals surface area contributed by atoms with Gasteiger partial charge < -0.3 is 14.9 Å². The molecular formula is C30H29ClN2O5. The molecule has 0 radical (unpaired) electrons. The summed E-state index contributed by atoms with van der Waals surface area (Å²) in [7, 11) is 1.81. The van der Waals surface area contributed by atoms with Gasteiger partial charge in [0.1, 0.15) is 17.5 Å². The van der Waals surface area contributed by atoms with Gasteiger partial charge >= 0.3 is 11.9 Å². The van der Waals surface area contributed by atoms with Crippen molar-refractivity contribution in [1.82, 2.24) is 9.78 Å². The smallest absolute Gasteiger partial charge is 0.336 e. The van der Waals surface area contributed by atoms with E-state index in [0.717, 1.165) is 51.2 Å². The quantitative estimate of drug-likeness (QED) is 0.255. The number of hydrogen-bond donors (Lipinski definition) is 2. The van der Waals surface area contributed by atoms with Crippen LogP contribution in [-0.2, 0) is 26.5 Å². The molecule has 38 heavy (non-hydrogen) atoms. The molecule has 0 saturated heterocycles. The van der Waals surface area contributed by atoms with E-state index in [1.807, 2.05) is 57.3 Å². The largest absolute Gasteiger partial charge is 0.489 e. The zero-order valence-electron chi connectivity index (χ0n) is 21.7. The molecule has 0 aliphatic carbocycles. The second-order valence-corrected chi connectivity index (χ2v) is 9.58. The molecule has 0 saturated carbocycles. The molecule has 0 spiro atoms. The highest BCUT2D eigenvalue weighted by molar-refractivity contribution is 6.30. The van der Waals surface area contributed by atoms with Crippen LogP contribution in [0.2, 0.25) is 5.15 Å². The van der Waals surface area contributed by atoms with Crippen LogP contribution in [0.15, 0.2) is 54.6 Å². The van der Waals surface area contributed by atoms with Gasteiger partial charge in [-0.2, -0.15) is 5.10 Å². The lowest BCUT2D eigenvalue weighted by Crippen LogP contribution is -2.09. The lowest BCUT2D eigenvalue weighted by molar-refractivity contribution is 0.0695. The summed E-state index contributed by atoms with van der Waals surface area (Å²) in [6.45, 7) is 6.30. The zero-order chi connectivity index (χ0) is 27.6. The predicted octanol–water partition coefficient (Wildman–Crippen LogP) is 6.49. The third kappa shape index (κ3) is 5.43. The summed E-state index contributed by atoms with van der Waals surface area (Å²) >= 11 is 6.30. The Kier molecular flexibility index (Phi) is 7.88. The van der Waals surface area contributed by atoms with Crippen molar-refractivity contribution in [3.05, 3.63) is 104 Å². The number of aromatic carboxylic acids is 2. The van der Waals surface area contributed by atoms with Crippen molar-refractivity contribution in [1.29, 1.82) is 0 Å². The molecule has 0 aliphatic heterocycles. The molecule has 0 unspecified atom stereocenters. The average molecular weight is 533 g/mol. The maximum absolute atomic E-state index is 11.9. The Balaban J connectivity index is 1.62. The average Bonchev–Trinajstić information content (AvgIpc) is 3.15. The number of carboxylic acid groups (broad SMARTS) is 2. The van der Waals surface area contributed by atoms with Gasteiger partial charge in [0.25, 0.3) is 0 Å². The van der Waals surface area contributed by atoms with E-state index in [1.54, 1.807) is 10.7 Å². The predicted molar refractivity (Wildman–Crippen MR) is 146 cm³/mol. The third-order valence-corrected chi connectivity index (χ3v) is 7.27. The Bertz CT molecular complexity index is 1540. The summed E-state index contributed by atoms with van der Waals surface area (Å²) in [4.78, 5) is 23.2. The number of halogens is 1. The number of nitrogens with zero attached hydrogens (tertiary/aromatic N) is 2. The summed E-state index contributed by atoms with van der Waals surface area (Å²) in [6.07, 6.45) is 1.12. The molecule has 0 aliphatic rings. The van der Waals surface area contributed by atoms with Gasteiger partial charge in [-0.15, -0.1) is 0 Å². The maximum atomic E-state index is 11.9. The van der Waals surface area contributed by atoms with E-state index in [2.05, 4.69) is 12.0 Å². The minimum absolute atomic E-state index is 0.0185. The standard InChI is InChI=1S/C30H29ClN2O5/c1-5-19-7-6-8-20(14-21-9-10-23(29(34)35)15-24(21)30(36)37)25(19)16-38-26-12-11-22(13-17(26)2)27-18(3)28(31)33(4)32-27/h6-13,15H,5,14,16H2,1-4H3,(H,34,35)(H,36,37). The Morgan fingerprint density at radius 3 is 2.32 bits per heavy atom. The second-order valence-electron chi connectivity index (χ2n) is 9.22. The molecule has 196 valence electrons. The molecular weight excluding hydrogens is 504 g/mol. The molecule has 4 rings (SSSR count). The molecule has 1 aromatic heterocycles. The van der Waals surface area contributed by atoms with E-state index in [0.29, 0.717) is 23.7 Å². The molecule has 0 amide bonds. The van der Waals surface area contributed by atoms with Crippen LogP contribution in [0.25, 0.3) is 11.3 Å². The van der Waals surface area contributed by atoms with Crippen LogP contribution in [0.3, 0.4) is 0 Å². The first-order valence-corrected chi connectivity index (χ1v) is 12.6. The fourth-order valence-electron chi connectivity index (χ4n) is 4.63. The van der Waals surface area contributed by atoms with Gasteiger partial charge in [0.2, 0.25) is 0 Å². The molecule has 4 aromatic rings. The molecule has 0 bridgehead atoms. The first-order valence-electron chi connectivity index (χ1n) is 12.2. The van der Waals surface area contributed by atoms with E-state index < -0.39 is 11.9 Å². The number of carbonyl (C=O) groups is 2. The Morgan fingerprint density at radius 1 is 0.974 bits per heavy atom. The number of hydrogen-bond acceptors (Lipinski definition) is 4. The Labute approximate surface area is 226 Å². The summed E-state index contributed by atoms with van der Waals surface area (Å²) in [6, 6.07) is 16.1. The van der Waals surface area contributed by atoms with Crippen molar-refractivity contribution >= 4 is 23.5 Å². The number of benzene rings is 3. The number of ether oxygens (including phenoxy) is 1. The summed E-state index contributed by atoms with van der Waals surface area (Å²) in [5.74, 6) is -1.58. The minimum Gasteiger partial charge on any atom is -0.489 e. The Hall–Kier alpha value is -4.10. The van der Waals surface area contributed by atoms with Crippen molar-refractivity contribution in [2.45, 2.75) is 40.2 Å². The van der Waals surface area contributed by atoms with Gasteiger partial charge in [0.05, 0.1) is 16.8 Å². The lowest BCUT2D eigenvalue weighted by atomic mass is 9.92. The normalized spacial score (nSPS) is 11.0. The van der Waals surface area contributed by atoms with Gasteiger partial charge in [-0.05, 0) is 84.8 Å². The van der Waals surface area contributed by atoms with Gasteiger partial charge in [-0.3, -0.25) is 4.68 Å². The van der Waals surface area contributed by atoms with Crippen molar-refractivity contribution in [2.24, 2.45) is 7.05 Å². The second kappa shape index (κ2) is 11.1. The van der Waals surface area contributed by atoms with E-state index >= 15 is 0 Å². The zero-order valence-corrected chi connectivity index (χ0v) is 22.5.